The molecule has 0 unspecified atom stereocenters. The van der Waals surface area contributed by atoms with Crippen LogP contribution in [0.2, 0.25) is 0 Å². The van der Waals surface area contributed by atoms with Gasteiger partial charge in [-0.1, -0.05) is 12.1 Å². The molecule has 3 N–H and O–H groups in total. The van der Waals surface area contributed by atoms with E-state index in [4.69, 9.17) is 14.7 Å². The summed E-state index contributed by atoms with van der Waals surface area (Å²) in [5, 5.41) is 8.89. The zero-order chi connectivity index (χ0) is 10.5. The molecule has 0 aliphatic carbocycles. The predicted octanol–water partition coefficient (Wildman–Crippen LogP) is 2.28. The van der Waals surface area contributed by atoms with Gasteiger partial charge >= 0.3 is 0 Å². The van der Waals surface area contributed by atoms with E-state index >= 15 is 0 Å². The van der Waals surface area contributed by atoms with Crippen LogP contribution in [0.3, 0.4) is 0 Å². The quantitative estimate of drug-likeness (QED) is 0.829. The molecule has 4 nitrogen and oxygen atoms in total. The Balaban J connectivity index is 0.00000128. The Morgan fingerprint density at radius 3 is 2.62 bits per heavy atom. The van der Waals surface area contributed by atoms with E-state index in [1.54, 1.807) is 6.07 Å². The first-order valence-corrected chi connectivity index (χ1v) is 5.13. The Morgan fingerprint density at radius 1 is 1.25 bits per heavy atom. The molecule has 1 fully saturated rings. The maximum Gasteiger partial charge on any atom is 0.137 e. The number of ether oxygens (including phenoxy) is 2. The van der Waals surface area contributed by atoms with Gasteiger partial charge in [0.25, 0.3) is 0 Å². The minimum Gasteiger partial charge on any atom is -0.489 e. The Morgan fingerprint density at radius 2 is 1.94 bits per heavy atom. The zero-order valence-corrected chi connectivity index (χ0v) is 9.19. The SMILES string of the molecule is N.N#Cc1ccccc1OC1CCOCC1. The molecule has 1 heterocycles. The number of para-hydroxylation sites is 1. The second kappa shape index (κ2) is 6.11. The normalized spacial score (nSPS) is 15.9. The summed E-state index contributed by atoms with van der Waals surface area (Å²) in [4.78, 5) is 0. The van der Waals surface area contributed by atoms with Crippen LogP contribution in [0.4, 0.5) is 0 Å². The van der Waals surface area contributed by atoms with E-state index in [2.05, 4.69) is 6.07 Å². The van der Waals surface area contributed by atoms with Crippen LogP contribution < -0.4 is 10.9 Å². The van der Waals surface area contributed by atoms with E-state index in [9.17, 15) is 0 Å². The van der Waals surface area contributed by atoms with Crippen molar-refractivity contribution in [3.05, 3.63) is 29.8 Å². The molecule has 86 valence electrons. The maximum atomic E-state index is 8.89. The lowest BCUT2D eigenvalue weighted by atomic mass is 10.1. The highest BCUT2D eigenvalue weighted by Crippen LogP contribution is 2.21. The van der Waals surface area contributed by atoms with Crippen LogP contribution in [0.1, 0.15) is 18.4 Å². The first-order chi connectivity index (χ1) is 7.40. The molecular formula is C12H16N2O2. The first-order valence-electron chi connectivity index (χ1n) is 5.13. The van der Waals surface area contributed by atoms with Crippen molar-refractivity contribution in [2.24, 2.45) is 0 Å². The maximum absolute atomic E-state index is 8.89. The smallest absolute Gasteiger partial charge is 0.137 e. The summed E-state index contributed by atoms with van der Waals surface area (Å²) < 4.78 is 11.0. The highest BCUT2D eigenvalue weighted by atomic mass is 16.5. The molecule has 1 aromatic rings. The van der Waals surface area contributed by atoms with Crippen molar-refractivity contribution in [3.63, 3.8) is 0 Å². The van der Waals surface area contributed by atoms with Crippen molar-refractivity contribution in [2.75, 3.05) is 13.2 Å². The second-order valence-electron chi connectivity index (χ2n) is 3.54. The number of benzene rings is 1. The van der Waals surface area contributed by atoms with Crippen LogP contribution in [0.5, 0.6) is 5.75 Å². The number of hydrogen-bond donors (Lipinski definition) is 1. The van der Waals surface area contributed by atoms with Crippen LogP contribution in [-0.2, 0) is 4.74 Å². The van der Waals surface area contributed by atoms with Gasteiger partial charge in [-0.25, -0.2) is 0 Å². The molecule has 0 spiro atoms. The number of nitrogens with zero attached hydrogens (tertiary/aromatic N) is 1. The summed E-state index contributed by atoms with van der Waals surface area (Å²) in [6.07, 6.45) is 1.99. The monoisotopic (exact) mass is 220 g/mol. The zero-order valence-electron chi connectivity index (χ0n) is 9.19. The molecule has 0 saturated carbocycles. The van der Waals surface area contributed by atoms with E-state index in [1.807, 2.05) is 18.2 Å². The molecule has 4 heteroatoms. The molecule has 1 aliphatic heterocycles. The summed E-state index contributed by atoms with van der Waals surface area (Å²) in [6, 6.07) is 9.47. The van der Waals surface area contributed by atoms with E-state index in [1.165, 1.54) is 0 Å². The van der Waals surface area contributed by atoms with Crippen molar-refractivity contribution >= 4 is 0 Å². The molecule has 1 saturated heterocycles. The fraction of sp³-hybridized carbons (Fsp3) is 0.417. The van der Waals surface area contributed by atoms with Gasteiger partial charge in [0.1, 0.15) is 17.9 Å². The van der Waals surface area contributed by atoms with Crippen molar-refractivity contribution in [3.8, 4) is 11.8 Å². The Hall–Kier alpha value is -1.57. The van der Waals surface area contributed by atoms with Crippen LogP contribution in [0.15, 0.2) is 24.3 Å². The van der Waals surface area contributed by atoms with Gasteiger partial charge in [0.2, 0.25) is 0 Å². The van der Waals surface area contributed by atoms with E-state index in [0.29, 0.717) is 11.3 Å². The number of rotatable bonds is 2. The highest BCUT2D eigenvalue weighted by molar-refractivity contribution is 5.42. The van der Waals surface area contributed by atoms with Gasteiger partial charge in [-0.15, -0.1) is 0 Å². The average Bonchev–Trinajstić information content (AvgIpc) is 2.31. The summed E-state index contributed by atoms with van der Waals surface area (Å²) >= 11 is 0. The second-order valence-corrected chi connectivity index (χ2v) is 3.54. The van der Waals surface area contributed by atoms with Gasteiger partial charge in [-0.05, 0) is 12.1 Å². The molecule has 0 aromatic heterocycles. The standard InChI is InChI=1S/C12H13NO2.H3N/c13-9-10-3-1-2-4-12(10)15-11-5-7-14-8-6-11;/h1-4,11H,5-8H2;1H3. The van der Waals surface area contributed by atoms with Crippen LogP contribution in [-0.4, -0.2) is 19.3 Å². The molecule has 1 aromatic carbocycles. The fourth-order valence-corrected chi connectivity index (χ4v) is 1.64. The third-order valence-corrected chi connectivity index (χ3v) is 2.47. The van der Waals surface area contributed by atoms with Gasteiger partial charge in [0.15, 0.2) is 0 Å². The van der Waals surface area contributed by atoms with E-state index in [0.717, 1.165) is 26.1 Å². The summed E-state index contributed by atoms with van der Waals surface area (Å²) in [5.74, 6) is 0.687. The molecule has 0 atom stereocenters. The molecule has 0 amide bonds. The number of nitriles is 1. The molecule has 0 bridgehead atoms. The van der Waals surface area contributed by atoms with Gasteiger partial charge < -0.3 is 15.6 Å². The number of hydrogen-bond acceptors (Lipinski definition) is 4. The van der Waals surface area contributed by atoms with Crippen LogP contribution in [0, 0.1) is 11.3 Å². The lowest BCUT2D eigenvalue weighted by molar-refractivity contribution is 0.0254. The van der Waals surface area contributed by atoms with Crippen molar-refractivity contribution in [2.45, 2.75) is 18.9 Å². The van der Waals surface area contributed by atoms with Crippen molar-refractivity contribution in [1.29, 1.82) is 5.26 Å². The Bertz CT molecular complexity index is 368. The molecule has 2 rings (SSSR count). The van der Waals surface area contributed by atoms with E-state index < -0.39 is 0 Å². The average molecular weight is 220 g/mol. The third-order valence-electron chi connectivity index (χ3n) is 2.47. The lowest BCUT2D eigenvalue weighted by Gasteiger charge is -2.23. The predicted molar refractivity (Wildman–Crippen MR) is 60.6 cm³/mol. The molecule has 1 aliphatic rings. The minimum absolute atomic E-state index is 0. The largest absolute Gasteiger partial charge is 0.489 e. The topological polar surface area (TPSA) is 77.2 Å². The van der Waals surface area contributed by atoms with Gasteiger partial charge in [-0.3, -0.25) is 0 Å². The van der Waals surface area contributed by atoms with Gasteiger partial charge in [0, 0.05) is 12.8 Å². The van der Waals surface area contributed by atoms with Crippen LogP contribution >= 0.6 is 0 Å². The van der Waals surface area contributed by atoms with Crippen molar-refractivity contribution < 1.29 is 9.47 Å². The molecule has 0 radical (unpaired) electrons. The van der Waals surface area contributed by atoms with E-state index in [-0.39, 0.29) is 12.3 Å². The Labute approximate surface area is 95.4 Å². The lowest BCUT2D eigenvalue weighted by Crippen LogP contribution is -2.26. The first kappa shape index (κ1) is 12.5. The van der Waals surface area contributed by atoms with Crippen molar-refractivity contribution in [1.82, 2.24) is 6.15 Å². The highest BCUT2D eigenvalue weighted by Gasteiger charge is 2.16. The molecule has 16 heavy (non-hydrogen) atoms. The minimum atomic E-state index is 0. The fourth-order valence-electron chi connectivity index (χ4n) is 1.64. The summed E-state index contributed by atoms with van der Waals surface area (Å²) in [5.41, 5.74) is 0.601. The van der Waals surface area contributed by atoms with Gasteiger partial charge in [-0.2, -0.15) is 5.26 Å². The Kier molecular flexibility index (Phi) is 4.77. The van der Waals surface area contributed by atoms with Crippen LogP contribution in [0.25, 0.3) is 0 Å². The summed E-state index contributed by atoms with van der Waals surface area (Å²) in [6.45, 7) is 1.50. The molecular weight excluding hydrogens is 204 g/mol. The summed E-state index contributed by atoms with van der Waals surface area (Å²) in [7, 11) is 0. The van der Waals surface area contributed by atoms with Gasteiger partial charge in [0.05, 0.1) is 18.8 Å². The third kappa shape index (κ3) is 2.96.